The van der Waals surface area contributed by atoms with Gasteiger partial charge in [-0.25, -0.2) is 9.87 Å². The number of hydrogen-bond acceptors (Lipinski definition) is 4. The SMILES string of the molecule is O=C(NO)c1ccc(N(c2ccccc2)C2CCNC2=O)cc1F. The molecule has 124 valence electrons. The standard InChI is InChI=1S/C17H16FN3O3/c18-14-10-12(6-7-13(14)16(22)20-24)21(11-4-2-1-3-5-11)15-8-9-19-17(15)23/h1-7,10,15,24H,8-9H2,(H,19,23)(H,20,22). The summed E-state index contributed by atoms with van der Waals surface area (Å²) in [7, 11) is 0. The Labute approximate surface area is 137 Å². The molecule has 2 aromatic rings. The molecular weight excluding hydrogens is 313 g/mol. The Morgan fingerprint density at radius 2 is 1.96 bits per heavy atom. The van der Waals surface area contributed by atoms with E-state index in [1.54, 1.807) is 11.0 Å². The van der Waals surface area contributed by atoms with Crippen LogP contribution in [0.15, 0.2) is 48.5 Å². The van der Waals surface area contributed by atoms with Crippen LogP contribution in [0.25, 0.3) is 0 Å². The summed E-state index contributed by atoms with van der Waals surface area (Å²) < 4.78 is 14.2. The van der Waals surface area contributed by atoms with Gasteiger partial charge in [0.05, 0.1) is 5.56 Å². The maximum absolute atomic E-state index is 14.2. The summed E-state index contributed by atoms with van der Waals surface area (Å²) in [6.45, 7) is 0.556. The largest absolute Gasteiger partial charge is 0.354 e. The second-order valence-electron chi connectivity index (χ2n) is 5.41. The molecule has 1 atom stereocenters. The second kappa shape index (κ2) is 6.67. The Kier molecular flexibility index (Phi) is 4.43. The normalized spacial score (nSPS) is 16.6. The highest BCUT2D eigenvalue weighted by atomic mass is 19.1. The highest BCUT2D eigenvalue weighted by molar-refractivity contribution is 5.94. The van der Waals surface area contributed by atoms with E-state index in [4.69, 9.17) is 5.21 Å². The van der Waals surface area contributed by atoms with Crippen LogP contribution in [0.3, 0.4) is 0 Å². The van der Waals surface area contributed by atoms with Gasteiger partial charge in [-0.15, -0.1) is 0 Å². The minimum absolute atomic E-state index is 0.128. The third-order valence-electron chi connectivity index (χ3n) is 3.94. The zero-order chi connectivity index (χ0) is 17.1. The van der Waals surface area contributed by atoms with Crippen LogP contribution in [-0.4, -0.2) is 29.6 Å². The quantitative estimate of drug-likeness (QED) is 0.592. The topological polar surface area (TPSA) is 81.7 Å². The third kappa shape index (κ3) is 2.93. The van der Waals surface area contributed by atoms with Gasteiger partial charge >= 0.3 is 0 Å². The van der Waals surface area contributed by atoms with Crippen molar-refractivity contribution in [1.29, 1.82) is 0 Å². The average molecular weight is 329 g/mol. The number of carbonyl (C=O) groups excluding carboxylic acids is 2. The van der Waals surface area contributed by atoms with Crippen LogP contribution in [-0.2, 0) is 4.79 Å². The monoisotopic (exact) mass is 329 g/mol. The minimum atomic E-state index is -0.927. The summed E-state index contributed by atoms with van der Waals surface area (Å²) in [5.41, 5.74) is 2.34. The predicted molar refractivity (Wildman–Crippen MR) is 85.6 cm³/mol. The number of benzene rings is 2. The summed E-state index contributed by atoms with van der Waals surface area (Å²) in [6.07, 6.45) is 0.591. The summed E-state index contributed by atoms with van der Waals surface area (Å²) in [5.74, 6) is -1.83. The zero-order valence-electron chi connectivity index (χ0n) is 12.7. The van der Waals surface area contributed by atoms with Crippen molar-refractivity contribution in [2.24, 2.45) is 0 Å². The summed E-state index contributed by atoms with van der Waals surface area (Å²) in [6, 6.07) is 12.7. The van der Waals surface area contributed by atoms with Gasteiger partial charge in [0.2, 0.25) is 5.91 Å². The fourth-order valence-corrected chi connectivity index (χ4v) is 2.82. The molecule has 1 aliphatic heterocycles. The van der Waals surface area contributed by atoms with E-state index in [9.17, 15) is 14.0 Å². The molecule has 7 heteroatoms. The predicted octanol–water partition coefficient (Wildman–Crippen LogP) is 1.97. The van der Waals surface area contributed by atoms with Crippen molar-refractivity contribution >= 4 is 23.2 Å². The molecule has 0 radical (unpaired) electrons. The average Bonchev–Trinajstić information content (AvgIpc) is 3.01. The van der Waals surface area contributed by atoms with Crippen LogP contribution < -0.4 is 15.7 Å². The minimum Gasteiger partial charge on any atom is -0.354 e. The molecule has 0 saturated carbocycles. The van der Waals surface area contributed by atoms with Gasteiger partial charge in [-0.3, -0.25) is 14.8 Å². The summed E-state index contributed by atoms with van der Waals surface area (Å²) >= 11 is 0. The van der Waals surface area contributed by atoms with E-state index in [0.717, 1.165) is 5.69 Å². The smallest absolute Gasteiger partial charge is 0.277 e. The highest BCUT2D eigenvalue weighted by Crippen LogP contribution is 2.31. The van der Waals surface area contributed by atoms with Gasteiger partial charge in [0.25, 0.3) is 5.91 Å². The molecule has 24 heavy (non-hydrogen) atoms. The lowest BCUT2D eigenvalue weighted by molar-refractivity contribution is -0.120. The van der Waals surface area contributed by atoms with Crippen molar-refractivity contribution < 1.29 is 19.2 Å². The number of rotatable bonds is 4. The number of amides is 2. The summed E-state index contributed by atoms with van der Waals surface area (Å²) in [5, 5.41) is 11.4. The van der Waals surface area contributed by atoms with Crippen LogP contribution in [0.2, 0.25) is 0 Å². The Bertz CT molecular complexity index is 767. The van der Waals surface area contributed by atoms with Crippen LogP contribution in [0.5, 0.6) is 0 Å². The number of anilines is 2. The molecule has 2 aromatic carbocycles. The molecule has 6 nitrogen and oxygen atoms in total. The van der Waals surface area contributed by atoms with Crippen LogP contribution in [0.1, 0.15) is 16.8 Å². The van der Waals surface area contributed by atoms with E-state index in [1.165, 1.54) is 17.6 Å². The molecule has 2 amide bonds. The second-order valence-corrected chi connectivity index (χ2v) is 5.41. The van der Waals surface area contributed by atoms with Crippen LogP contribution in [0.4, 0.5) is 15.8 Å². The van der Waals surface area contributed by atoms with Gasteiger partial charge in [-0.1, -0.05) is 18.2 Å². The first kappa shape index (κ1) is 15.9. The first-order valence-corrected chi connectivity index (χ1v) is 7.48. The lowest BCUT2D eigenvalue weighted by atomic mass is 10.1. The van der Waals surface area contributed by atoms with Crippen molar-refractivity contribution in [1.82, 2.24) is 10.8 Å². The molecule has 1 unspecified atom stereocenters. The van der Waals surface area contributed by atoms with Gasteiger partial charge in [-0.05, 0) is 36.8 Å². The number of hydrogen-bond donors (Lipinski definition) is 3. The third-order valence-corrected chi connectivity index (χ3v) is 3.94. The van der Waals surface area contributed by atoms with E-state index >= 15 is 0 Å². The van der Waals surface area contributed by atoms with Crippen LogP contribution in [0, 0.1) is 5.82 Å². The molecule has 1 saturated heterocycles. The van der Waals surface area contributed by atoms with Gasteiger partial charge in [0.15, 0.2) is 0 Å². The van der Waals surface area contributed by atoms with Crippen molar-refractivity contribution in [3.8, 4) is 0 Å². The molecule has 1 aliphatic rings. The number of hydroxylamine groups is 1. The first-order chi connectivity index (χ1) is 11.6. The van der Waals surface area contributed by atoms with E-state index in [0.29, 0.717) is 18.7 Å². The molecule has 1 heterocycles. The van der Waals surface area contributed by atoms with Crippen molar-refractivity contribution in [3.63, 3.8) is 0 Å². The van der Waals surface area contributed by atoms with Crippen molar-refractivity contribution in [2.75, 3.05) is 11.4 Å². The summed E-state index contributed by atoms with van der Waals surface area (Å²) in [4.78, 5) is 25.3. The molecule has 1 fully saturated rings. The van der Waals surface area contributed by atoms with E-state index in [-0.39, 0.29) is 11.5 Å². The highest BCUT2D eigenvalue weighted by Gasteiger charge is 2.32. The Morgan fingerprint density at radius 3 is 2.54 bits per heavy atom. The van der Waals surface area contributed by atoms with Crippen molar-refractivity contribution in [2.45, 2.75) is 12.5 Å². The molecule has 3 rings (SSSR count). The fraction of sp³-hybridized carbons (Fsp3) is 0.176. The van der Waals surface area contributed by atoms with Crippen LogP contribution >= 0.6 is 0 Å². The van der Waals surface area contributed by atoms with E-state index in [2.05, 4.69) is 5.32 Å². The Hall–Kier alpha value is -2.93. The number of halogens is 1. The lowest BCUT2D eigenvalue weighted by Crippen LogP contribution is -2.37. The molecule has 3 N–H and O–H groups in total. The lowest BCUT2D eigenvalue weighted by Gasteiger charge is -2.29. The maximum atomic E-state index is 14.2. The molecular formula is C17H16FN3O3. The van der Waals surface area contributed by atoms with E-state index in [1.807, 2.05) is 30.3 Å². The number of nitrogens with zero attached hydrogens (tertiary/aromatic N) is 1. The first-order valence-electron chi connectivity index (χ1n) is 7.48. The zero-order valence-corrected chi connectivity index (χ0v) is 12.7. The van der Waals surface area contributed by atoms with Crippen molar-refractivity contribution in [3.05, 3.63) is 59.9 Å². The molecule has 0 aliphatic carbocycles. The number of carbonyl (C=O) groups is 2. The Balaban J connectivity index is 2.04. The van der Waals surface area contributed by atoms with Gasteiger partial charge in [0, 0.05) is 17.9 Å². The Morgan fingerprint density at radius 1 is 1.21 bits per heavy atom. The fourth-order valence-electron chi connectivity index (χ4n) is 2.82. The molecule has 0 bridgehead atoms. The number of nitrogens with one attached hydrogen (secondary N) is 2. The van der Waals surface area contributed by atoms with Gasteiger partial charge in [0.1, 0.15) is 11.9 Å². The number of para-hydroxylation sites is 1. The van der Waals surface area contributed by atoms with E-state index < -0.39 is 17.8 Å². The molecule has 0 aromatic heterocycles. The van der Waals surface area contributed by atoms with Gasteiger partial charge < -0.3 is 10.2 Å². The maximum Gasteiger partial charge on any atom is 0.277 e. The van der Waals surface area contributed by atoms with Gasteiger partial charge in [-0.2, -0.15) is 0 Å². The molecule has 0 spiro atoms.